The van der Waals surface area contributed by atoms with E-state index in [9.17, 15) is 4.79 Å². The van der Waals surface area contributed by atoms with Crippen molar-refractivity contribution in [3.8, 4) is 0 Å². The maximum absolute atomic E-state index is 12.8. The summed E-state index contributed by atoms with van der Waals surface area (Å²) < 4.78 is 0. The third-order valence-electron chi connectivity index (χ3n) is 5.32. The van der Waals surface area contributed by atoms with Crippen molar-refractivity contribution in [2.45, 2.75) is 47.0 Å². The van der Waals surface area contributed by atoms with Crippen LogP contribution < -0.4 is 0 Å². The van der Waals surface area contributed by atoms with Crippen LogP contribution in [0.5, 0.6) is 0 Å². The highest BCUT2D eigenvalue weighted by molar-refractivity contribution is 6.03. The lowest BCUT2D eigenvalue weighted by Crippen LogP contribution is -2.12. The minimum absolute atomic E-state index is 0.359. The highest BCUT2D eigenvalue weighted by Gasteiger charge is 2.56. The number of fused-ring (bicyclic) bond motifs is 1. The van der Waals surface area contributed by atoms with Gasteiger partial charge in [0.1, 0.15) is 0 Å². The summed E-state index contributed by atoms with van der Waals surface area (Å²) >= 11 is 0. The second kappa shape index (κ2) is 3.94. The molecule has 3 rings (SSSR count). The largest absolute Gasteiger partial charge is 0.294 e. The summed E-state index contributed by atoms with van der Waals surface area (Å²) in [4.78, 5) is 12.8. The fraction of sp³-hybridized carbons (Fsp3) is 0.588. The first-order valence-corrected chi connectivity index (χ1v) is 7.14. The molecule has 2 fully saturated rings. The molecule has 0 spiro atoms. The van der Waals surface area contributed by atoms with Crippen molar-refractivity contribution >= 4 is 5.78 Å². The summed E-state index contributed by atoms with van der Waals surface area (Å²) in [6.45, 7) is 8.44. The molecule has 2 aliphatic carbocycles. The lowest BCUT2D eigenvalue weighted by Gasteiger charge is -2.15. The SMILES string of the molecule is Cc1cc(C)c(C)c(C(=O)C2C3CCCC32)c1C. The van der Waals surface area contributed by atoms with E-state index < -0.39 is 0 Å². The summed E-state index contributed by atoms with van der Waals surface area (Å²) in [5.41, 5.74) is 5.95. The van der Waals surface area contributed by atoms with Gasteiger partial charge in [0.15, 0.2) is 5.78 Å². The molecule has 0 N–H and O–H groups in total. The highest BCUT2D eigenvalue weighted by Crippen LogP contribution is 2.58. The van der Waals surface area contributed by atoms with E-state index in [4.69, 9.17) is 0 Å². The lowest BCUT2D eigenvalue weighted by atomic mass is 9.89. The van der Waals surface area contributed by atoms with Gasteiger partial charge in [-0.2, -0.15) is 0 Å². The molecule has 1 aromatic rings. The van der Waals surface area contributed by atoms with Crippen LogP contribution >= 0.6 is 0 Å². The molecule has 0 radical (unpaired) electrons. The molecule has 2 atom stereocenters. The first-order chi connectivity index (χ1) is 8.52. The Morgan fingerprint density at radius 1 is 1.00 bits per heavy atom. The van der Waals surface area contributed by atoms with Crippen LogP contribution in [0.15, 0.2) is 6.07 Å². The van der Waals surface area contributed by atoms with Gasteiger partial charge in [-0.3, -0.25) is 4.79 Å². The highest BCUT2D eigenvalue weighted by atomic mass is 16.1. The zero-order chi connectivity index (χ0) is 13.0. The first kappa shape index (κ1) is 12.0. The Morgan fingerprint density at radius 3 is 2.00 bits per heavy atom. The van der Waals surface area contributed by atoms with Crippen molar-refractivity contribution < 1.29 is 4.79 Å². The zero-order valence-electron chi connectivity index (χ0n) is 11.8. The van der Waals surface area contributed by atoms with Crippen LogP contribution in [0.1, 0.15) is 51.9 Å². The maximum atomic E-state index is 12.8. The minimum atomic E-state index is 0.359. The molecular weight excluding hydrogens is 220 g/mol. The Labute approximate surface area is 110 Å². The molecule has 0 aliphatic heterocycles. The van der Waals surface area contributed by atoms with E-state index in [0.717, 1.165) is 17.4 Å². The van der Waals surface area contributed by atoms with Crippen molar-refractivity contribution in [1.29, 1.82) is 0 Å². The quantitative estimate of drug-likeness (QED) is 0.712. The predicted octanol–water partition coefficient (Wildman–Crippen LogP) is 4.15. The van der Waals surface area contributed by atoms with Crippen LogP contribution in [-0.2, 0) is 0 Å². The molecular formula is C17H22O. The molecule has 1 heteroatoms. The van der Waals surface area contributed by atoms with Gasteiger partial charge in [0.25, 0.3) is 0 Å². The Morgan fingerprint density at radius 2 is 1.50 bits per heavy atom. The molecule has 0 aromatic heterocycles. The van der Waals surface area contributed by atoms with Crippen LogP contribution in [0.3, 0.4) is 0 Å². The van der Waals surface area contributed by atoms with Gasteiger partial charge in [0, 0.05) is 11.5 Å². The number of carbonyl (C=O) groups excluding carboxylic acids is 1. The van der Waals surface area contributed by atoms with Gasteiger partial charge in [-0.25, -0.2) is 0 Å². The van der Waals surface area contributed by atoms with E-state index in [2.05, 4.69) is 33.8 Å². The van der Waals surface area contributed by atoms with E-state index >= 15 is 0 Å². The number of aryl methyl sites for hydroxylation is 2. The second-order valence-corrected chi connectivity index (χ2v) is 6.28. The fourth-order valence-corrected chi connectivity index (χ4v) is 3.96. The molecule has 0 saturated heterocycles. The lowest BCUT2D eigenvalue weighted by molar-refractivity contribution is 0.0950. The zero-order valence-corrected chi connectivity index (χ0v) is 11.8. The third-order valence-corrected chi connectivity index (χ3v) is 5.32. The Bertz CT molecular complexity index is 491. The number of benzene rings is 1. The topological polar surface area (TPSA) is 17.1 Å². The van der Waals surface area contributed by atoms with Crippen molar-refractivity contribution in [3.63, 3.8) is 0 Å². The number of rotatable bonds is 2. The van der Waals surface area contributed by atoms with Crippen molar-refractivity contribution in [2.75, 3.05) is 0 Å². The number of hydrogen-bond acceptors (Lipinski definition) is 1. The van der Waals surface area contributed by atoms with Crippen molar-refractivity contribution in [2.24, 2.45) is 17.8 Å². The number of hydrogen-bond donors (Lipinski definition) is 0. The van der Waals surface area contributed by atoms with E-state index in [1.165, 1.54) is 41.5 Å². The average Bonchev–Trinajstić information content (AvgIpc) is 2.80. The molecule has 96 valence electrons. The fourth-order valence-electron chi connectivity index (χ4n) is 3.96. The molecule has 2 unspecified atom stereocenters. The van der Waals surface area contributed by atoms with Gasteiger partial charge in [-0.05, 0) is 74.6 Å². The van der Waals surface area contributed by atoms with Gasteiger partial charge in [0.2, 0.25) is 0 Å². The van der Waals surface area contributed by atoms with Crippen LogP contribution in [0.4, 0.5) is 0 Å². The second-order valence-electron chi connectivity index (χ2n) is 6.28. The van der Waals surface area contributed by atoms with E-state index in [1.54, 1.807) is 0 Å². The van der Waals surface area contributed by atoms with Crippen LogP contribution in [0, 0.1) is 45.4 Å². The first-order valence-electron chi connectivity index (χ1n) is 7.14. The number of carbonyl (C=O) groups is 1. The van der Waals surface area contributed by atoms with Crippen molar-refractivity contribution in [1.82, 2.24) is 0 Å². The standard InChI is InChI=1S/C17H22O/c1-9-8-10(2)12(4)15(11(9)3)17(18)16-13-6-5-7-14(13)16/h8,13-14,16H,5-7H2,1-4H3. The van der Waals surface area contributed by atoms with Gasteiger partial charge in [-0.1, -0.05) is 12.5 Å². The summed E-state index contributed by atoms with van der Waals surface area (Å²) in [6, 6.07) is 2.20. The van der Waals surface area contributed by atoms with Gasteiger partial charge in [-0.15, -0.1) is 0 Å². The average molecular weight is 242 g/mol. The Balaban J connectivity index is 1.99. The van der Waals surface area contributed by atoms with Crippen molar-refractivity contribution in [3.05, 3.63) is 33.9 Å². The molecule has 0 heterocycles. The Hall–Kier alpha value is -1.11. The predicted molar refractivity (Wildman–Crippen MR) is 74.0 cm³/mol. The summed E-state index contributed by atoms with van der Waals surface area (Å²) in [5.74, 6) is 2.23. The maximum Gasteiger partial charge on any atom is 0.167 e. The number of ketones is 1. The molecule has 1 aromatic carbocycles. The molecule has 2 saturated carbocycles. The molecule has 2 aliphatic rings. The summed E-state index contributed by atoms with van der Waals surface area (Å²) in [5, 5.41) is 0. The molecule has 0 bridgehead atoms. The molecule has 0 amide bonds. The molecule has 18 heavy (non-hydrogen) atoms. The normalized spacial score (nSPS) is 29.2. The van der Waals surface area contributed by atoms with Gasteiger partial charge in [0.05, 0.1) is 0 Å². The molecule has 1 nitrogen and oxygen atoms in total. The van der Waals surface area contributed by atoms with Gasteiger partial charge < -0.3 is 0 Å². The van der Waals surface area contributed by atoms with E-state index in [-0.39, 0.29) is 0 Å². The Kier molecular flexibility index (Phi) is 2.62. The summed E-state index contributed by atoms with van der Waals surface area (Å²) in [6.07, 6.45) is 3.90. The van der Waals surface area contributed by atoms with Crippen LogP contribution in [-0.4, -0.2) is 5.78 Å². The van der Waals surface area contributed by atoms with E-state index in [0.29, 0.717) is 11.7 Å². The monoisotopic (exact) mass is 242 g/mol. The van der Waals surface area contributed by atoms with Crippen LogP contribution in [0.2, 0.25) is 0 Å². The summed E-state index contributed by atoms with van der Waals surface area (Å²) in [7, 11) is 0. The smallest absolute Gasteiger partial charge is 0.167 e. The third kappa shape index (κ3) is 1.56. The van der Waals surface area contributed by atoms with Gasteiger partial charge >= 0.3 is 0 Å². The number of Topliss-reactive ketones (excluding diaryl/α,β-unsaturated/α-hetero) is 1. The van der Waals surface area contributed by atoms with Crippen LogP contribution in [0.25, 0.3) is 0 Å². The minimum Gasteiger partial charge on any atom is -0.294 e. The van der Waals surface area contributed by atoms with E-state index in [1.807, 2.05) is 0 Å².